The van der Waals surface area contributed by atoms with Crippen molar-refractivity contribution in [2.45, 2.75) is 84.0 Å². The van der Waals surface area contributed by atoms with E-state index in [9.17, 15) is 4.79 Å². The number of nitrogens with zero attached hydrogens (tertiary/aromatic N) is 1. The molecule has 0 aliphatic carbocycles. The number of unbranched alkanes of at least 4 members (excludes halogenated alkanes) is 11. The third-order valence-corrected chi connectivity index (χ3v) is 3.86. The highest BCUT2D eigenvalue weighted by molar-refractivity contribution is 5.70. The van der Waals surface area contributed by atoms with Gasteiger partial charge in [-0.05, 0) is 6.42 Å². The van der Waals surface area contributed by atoms with E-state index in [0.29, 0.717) is 17.6 Å². The van der Waals surface area contributed by atoms with Crippen molar-refractivity contribution in [2.75, 3.05) is 34.3 Å². The molecule has 3 nitrogen and oxygen atoms in total. The number of esters is 1. The number of likely N-dealkylation sites (N-methyl/N-ethyl adjacent to an activating group) is 1. The molecule has 0 aromatic carbocycles. The maximum Gasteiger partial charge on any atom is 0.361 e. The van der Waals surface area contributed by atoms with Gasteiger partial charge in [-0.3, -0.25) is 0 Å². The van der Waals surface area contributed by atoms with Crippen molar-refractivity contribution in [3.05, 3.63) is 0 Å². The van der Waals surface area contributed by atoms with Gasteiger partial charge in [-0.15, -0.1) is 0 Å². The molecule has 0 radical (unpaired) electrons. The zero-order chi connectivity index (χ0) is 16.7. The van der Waals surface area contributed by atoms with Crippen LogP contribution in [0.25, 0.3) is 0 Å². The van der Waals surface area contributed by atoms with Gasteiger partial charge in [0.25, 0.3) is 0 Å². The lowest BCUT2D eigenvalue weighted by molar-refractivity contribution is -0.862. The number of hydrogen-bond acceptors (Lipinski definition) is 2. The molecule has 0 N–H and O–H groups in total. The zero-order valence-electron chi connectivity index (χ0n) is 16.0. The Morgan fingerprint density at radius 2 is 1.13 bits per heavy atom. The summed E-state index contributed by atoms with van der Waals surface area (Å²) in [4.78, 5) is 11.5. The van der Waals surface area contributed by atoms with E-state index in [0.717, 1.165) is 6.42 Å². The summed E-state index contributed by atoms with van der Waals surface area (Å²) in [6.45, 7) is 3.32. The van der Waals surface area contributed by atoms with E-state index in [4.69, 9.17) is 4.74 Å². The molecule has 0 unspecified atom stereocenters. The van der Waals surface area contributed by atoms with Crippen LogP contribution in [0.5, 0.6) is 0 Å². The molecule has 0 saturated heterocycles. The van der Waals surface area contributed by atoms with E-state index >= 15 is 0 Å². The first-order valence-electron chi connectivity index (χ1n) is 9.42. The van der Waals surface area contributed by atoms with Crippen molar-refractivity contribution >= 4 is 5.97 Å². The quantitative estimate of drug-likeness (QED) is 0.256. The lowest BCUT2D eigenvalue weighted by atomic mass is 10.1. The van der Waals surface area contributed by atoms with Crippen LogP contribution in [-0.2, 0) is 9.53 Å². The monoisotopic (exact) mass is 349 g/mol. The molecular weight excluding hydrogens is 310 g/mol. The third kappa shape index (κ3) is 21.7. The molecule has 0 spiro atoms. The predicted molar refractivity (Wildman–Crippen MR) is 94.9 cm³/mol. The number of carbonyl (C=O) groups excluding carboxylic acids is 1. The van der Waals surface area contributed by atoms with E-state index in [1.807, 2.05) is 21.1 Å². The second-order valence-corrected chi connectivity index (χ2v) is 7.56. The fourth-order valence-corrected chi connectivity index (χ4v) is 2.56. The van der Waals surface area contributed by atoms with Crippen LogP contribution >= 0.6 is 0 Å². The van der Waals surface area contributed by atoms with Crippen LogP contribution < -0.4 is 12.4 Å². The number of rotatable bonds is 15. The molecule has 0 aromatic rings. The van der Waals surface area contributed by atoms with E-state index in [2.05, 4.69) is 6.92 Å². The Kier molecular flexibility index (Phi) is 18.0. The largest absolute Gasteiger partial charge is 1.00 e. The maximum absolute atomic E-state index is 11.5. The summed E-state index contributed by atoms with van der Waals surface area (Å²) in [6, 6.07) is 0. The van der Waals surface area contributed by atoms with E-state index in [1.54, 1.807) is 0 Å². The van der Waals surface area contributed by atoms with Crippen LogP contribution in [0.3, 0.4) is 0 Å². The second-order valence-electron chi connectivity index (χ2n) is 7.56. The Balaban J connectivity index is 0. The molecule has 0 atom stereocenters. The molecule has 0 aliphatic rings. The SMILES string of the molecule is CCCCCCCCCCCCCCOC(=O)C[N+](C)(C)C.[Cl-]. The highest BCUT2D eigenvalue weighted by Gasteiger charge is 2.14. The van der Waals surface area contributed by atoms with Gasteiger partial charge in [0, 0.05) is 0 Å². The topological polar surface area (TPSA) is 26.3 Å². The number of carbonyl (C=O) groups is 1. The molecule has 0 saturated carbocycles. The molecule has 0 bridgehead atoms. The fraction of sp³-hybridized carbons (Fsp3) is 0.947. The molecule has 4 heteroatoms. The Morgan fingerprint density at radius 3 is 1.52 bits per heavy atom. The average Bonchev–Trinajstić information content (AvgIpc) is 2.42. The predicted octanol–water partition coefficient (Wildman–Crippen LogP) is 1.94. The lowest BCUT2D eigenvalue weighted by Crippen LogP contribution is -3.00. The van der Waals surface area contributed by atoms with Gasteiger partial charge in [0.15, 0.2) is 6.54 Å². The lowest BCUT2D eigenvalue weighted by Gasteiger charge is -2.22. The number of ether oxygens (including phenoxy) is 1. The highest BCUT2D eigenvalue weighted by atomic mass is 35.5. The van der Waals surface area contributed by atoms with Gasteiger partial charge in [0.05, 0.1) is 27.7 Å². The van der Waals surface area contributed by atoms with Crippen molar-refractivity contribution in [2.24, 2.45) is 0 Å². The summed E-state index contributed by atoms with van der Waals surface area (Å²) in [6.07, 6.45) is 16.0. The Labute approximate surface area is 151 Å². The van der Waals surface area contributed by atoms with Crippen LogP contribution in [-0.4, -0.2) is 44.7 Å². The average molecular weight is 350 g/mol. The minimum atomic E-state index is -0.0735. The molecule has 23 heavy (non-hydrogen) atoms. The summed E-state index contributed by atoms with van der Waals surface area (Å²) >= 11 is 0. The standard InChI is InChI=1S/C19H40NO2.ClH/c1-5-6-7-8-9-10-11-12-13-14-15-16-17-22-19(21)18-20(2,3)4;/h5-18H2,1-4H3;1H/q+1;/p-1. The number of halogens is 1. The van der Waals surface area contributed by atoms with Crippen molar-refractivity contribution in [1.82, 2.24) is 0 Å². The smallest absolute Gasteiger partial charge is 0.361 e. The molecule has 140 valence electrons. The third-order valence-electron chi connectivity index (χ3n) is 3.86. The van der Waals surface area contributed by atoms with Crippen molar-refractivity contribution in [1.29, 1.82) is 0 Å². The van der Waals surface area contributed by atoms with E-state index in [-0.39, 0.29) is 18.4 Å². The summed E-state index contributed by atoms with van der Waals surface area (Å²) in [5.74, 6) is -0.0735. The van der Waals surface area contributed by atoms with Crippen molar-refractivity contribution < 1.29 is 26.4 Å². The van der Waals surface area contributed by atoms with Crippen LogP contribution in [0.1, 0.15) is 84.0 Å². The normalized spacial score (nSPS) is 11.1. The minimum absolute atomic E-state index is 0. The molecule has 0 amide bonds. The van der Waals surface area contributed by atoms with Gasteiger partial charge in [-0.25, -0.2) is 4.79 Å². The summed E-state index contributed by atoms with van der Waals surface area (Å²) in [5, 5.41) is 0. The van der Waals surface area contributed by atoms with Gasteiger partial charge in [0.2, 0.25) is 0 Å². The maximum atomic E-state index is 11.5. The van der Waals surface area contributed by atoms with Crippen LogP contribution in [0.15, 0.2) is 0 Å². The zero-order valence-corrected chi connectivity index (χ0v) is 16.8. The van der Waals surface area contributed by atoms with Gasteiger partial charge < -0.3 is 21.6 Å². The highest BCUT2D eigenvalue weighted by Crippen LogP contribution is 2.11. The Bertz CT molecular complexity index is 265. The molecule has 0 aliphatic heterocycles. The van der Waals surface area contributed by atoms with Gasteiger partial charge in [-0.1, -0.05) is 77.6 Å². The Morgan fingerprint density at radius 1 is 0.739 bits per heavy atom. The number of quaternary nitrogens is 1. The summed E-state index contributed by atoms with van der Waals surface area (Å²) in [5.41, 5.74) is 0. The van der Waals surface area contributed by atoms with Crippen LogP contribution in [0.4, 0.5) is 0 Å². The van der Waals surface area contributed by atoms with E-state index < -0.39 is 0 Å². The van der Waals surface area contributed by atoms with Gasteiger partial charge in [0.1, 0.15) is 0 Å². The molecular formula is C19H40ClNO2. The van der Waals surface area contributed by atoms with E-state index in [1.165, 1.54) is 70.6 Å². The molecule has 0 rings (SSSR count). The summed E-state index contributed by atoms with van der Waals surface area (Å²) in [7, 11) is 6.02. The minimum Gasteiger partial charge on any atom is -1.00 e. The van der Waals surface area contributed by atoms with Crippen LogP contribution in [0.2, 0.25) is 0 Å². The molecule has 0 aromatic heterocycles. The van der Waals surface area contributed by atoms with Crippen molar-refractivity contribution in [3.8, 4) is 0 Å². The Hall–Kier alpha value is -0.280. The second kappa shape index (κ2) is 16.6. The first-order valence-corrected chi connectivity index (χ1v) is 9.42. The van der Waals surface area contributed by atoms with Gasteiger partial charge >= 0.3 is 5.97 Å². The van der Waals surface area contributed by atoms with Crippen LogP contribution in [0, 0.1) is 0 Å². The van der Waals surface area contributed by atoms with Crippen molar-refractivity contribution in [3.63, 3.8) is 0 Å². The number of hydrogen-bond donors (Lipinski definition) is 0. The molecule has 0 heterocycles. The first kappa shape index (κ1) is 25.0. The fourth-order valence-electron chi connectivity index (χ4n) is 2.56. The van der Waals surface area contributed by atoms with Gasteiger partial charge in [-0.2, -0.15) is 0 Å². The molecule has 0 fully saturated rings. The summed E-state index contributed by atoms with van der Waals surface area (Å²) < 4.78 is 5.89. The first-order chi connectivity index (χ1) is 10.5.